The third-order valence-corrected chi connectivity index (χ3v) is 7.71. The summed E-state index contributed by atoms with van der Waals surface area (Å²) in [7, 11) is 1.91. The maximum absolute atomic E-state index is 12.2. The largest absolute Gasteiger partial charge is 0.445 e. The van der Waals surface area contributed by atoms with E-state index in [4.69, 9.17) is 9.72 Å². The van der Waals surface area contributed by atoms with E-state index in [2.05, 4.69) is 72.5 Å². The van der Waals surface area contributed by atoms with Gasteiger partial charge in [-0.25, -0.2) is 9.78 Å². The fourth-order valence-corrected chi connectivity index (χ4v) is 5.37. The van der Waals surface area contributed by atoms with Gasteiger partial charge in [-0.1, -0.05) is 42.5 Å². The van der Waals surface area contributed by atoms with E-state index >= 15 is 0 Å². The summed E-state index contributed by atoms with van der Waals surface area (Å²) < 4.78 is 8.86. The number of carbonyl (C=O) groups excluding carboxylic acids is 1. The Morgan fingerprint density at radius 2 is 1.76 bits per heavy atom. The van der Waals surface area contributed by atoms with Gasteiger partial charge in [0.2, 0.25) is 0 Å². The van der Waals surface area contributed by atoms with Gasteiger partial charge >= 0.3 is 6.09 Å². The van der Waals surface area contributed by atoms with Gasteiger partial charge in [0, 0.05) is 47.0 Å². The summed E-state index contributed by atoms with van der Waals surface area (Å²) in [6.07, 6.45) is 1.49. The van der Waals surface area contributed by atoms with Crippen molar-refractivity contribution >= 4 is 35.1 Å². The highest BCUT2D eigenvalue weighted by Crippen LogP contribution is 2.38. The molecule has 0 aliphatic heterocycles. The van der Waals surface area contributed by atoms with Crippen LogP contribution in [0.2, 0.25) is 0 Å². The van der Waals surface area contributed by atoms with Crippen LogP contribution in [0.3, 0.4) is 0 Å². The Morgan fingerprint density at radius 3 is 2.46 bits per heavy atom. The molecule has 0 aliphatic carbocycles. The summed E-state index contributed by atoms with van der Waals surface area (Å²) in [5.74, 6) is 0. The number of benzene rings is 3. The zero-order chi connectivity index (χ0) is 26.3. The number of amides is 1. The second-order valence-electron chi connectivity index (χ2n) is 9.56. The van der Waals surface area contributed by atoms with Crippen LogP contribution in [-0.4, -0.2) is 23.7 Å². The first-order valence-corrected chi connectivity index (χ1v) is 13.7. The van der Waals surface area contributed by atoms with Crippen LogP contribution in [-0.2, 0) is 17.9 Å². The van der Waals surface area contributed by atoms with Crippen LogP contribution < -0.4 is 15.4 Å². The van der Waals surface area contributed by atoms with Gasteiger partial charge in [-0.05, 0) is 74.2 Å². The summed E-state index contributed by atoms with van der Waals surface area (Å²) >= 11 is 3.26. The number of thiazole rings is 1. The quantitative estimate of drug-likeness (QED) is 0.196. The predicted molar refractivity (Wildman–Crippen MR) is 155 cm³/mol. The summed E-state index contributed by atoms with van der Waals surface area (Å²) in [5.41, 5.74) is 5.15. The lowest BCUT2D eigenvalue weighted by molar-refractivity contribution is 0.139. The predicted octanol–water partition coefficient (Wildman–Crippen LogP) is 7.34. The van der Waals surface area contributed by atoms with E-state index in [1.807, 2.05) is 49.6 Å². The molecule has 0 unspecified atom stereocenters. The lowest BCUT2D eigenvalue weighted by Crippen LogP contribution is -2.29. The number of hydrogen-bond acceptors (Lipinski definition) is 7. The molecule has 3 N–H and O–H groups in total. The molecule has 192 valence electrons. The van der Waals surface area contributed by atoms with E-state index in [0.29, 0.717) is 6.54 Å². The Bertz CT molecular complexity index is 1320. The van der Waals surface area contributed by atoms with Crippen molar-refractivity contribution in [2.24, 2.45) is 0 Å². The molecule has 4 rings (SSSR count). The number of alkyl carbamates (subject to hydrolysis) is 1. The van der Waals surface area contributed by atoms with Crippen molar-refractivity contribution in [3.05, 3.63) is 90.1 Å². The Kier molecular flexibility index (Phi) is 8.87. The van der Waals surface area contributed by atoms with Gasteiger partial charge < -0.3 is 15.4 Å². The van der Waals surface area contributed by atoms with E-state index in [0.717, 1.165) is 42.7 Å². The molecule has 0 atom stereocenters. The molecule has 0 radical (unpaired) electrons. The Labute approximate surface area is 227 Å². The topological polar surface area (TPSA) is 75.3 Å². The number of hydrogen-bond donors (Lipinski definition) is 3. The summed E-state index contributed by atoms with van der Waals surface area (Å²) in [6, 6.07) is 24.2. The molecule has 0 spiro atoms. The highest BCUT2D eigenvalue weighted by Gasteiger charge is 2.16. The van der Waals surface area contributed by atoms with E-state index < -0.39 is 6.09 Å². The number of nitrogens with zero attached hydrogens (tertiary/aromatic N) is 1. The molecule has 1 heterocycles. The van der Waals surface area contributed by atoms with Gasteiger partial charge in [0.25, 0.3) is 0 Å². The minimum absolute atomic E-state index is 0.0641. The monoisotopic (exact) mass is 532 g/mol. The summed E-state index contributed by atoms with van der Waals surface area (Å²) in [4.78, 5) is 19.1. The van der Waals surface area contributed by atoms with Crippen LogP contribution in [0.4, 0.5) is 10.5 Å². The first-order chi connectivity index (χ1) is 17.8. The molecule has 6 nitrogen and oxygen atoms in total. The van der Waals surface area contributed by atoms with Crippen LogP contribution in [0.25, 0.3) is 21.0 Å². The molecule has 8 heteroatoms. The normalized spacial score (nSPS) is 11.2. The maximum atomic E-state index is 12.2. The Hall–Kier alpha value is -3.33. The second kappa shape index (κ2) is 12.3. The third kappa shape index (κ3) is 7.82. The van der Waals surface area contributed by atoms with Crippen molar-refractivity contribution < 1.29 is 9.53 Å². The Morgan fingerprint density at radius 1 is 1.00 bits per heavy atom. The molecule has 1 aromatic heterocycles. The number of carbonyl (C=O) groups is 1. The zero-order valence-corrected chi connectivity index (χ0v) is 23.1. The third-order valence-electron chi connectivity index (χ3n) is 5.35. The lowest BCUT2D eigenvalue weighted by Gasteiger charge is -2.21. The molecule has 0 fully saturated rings. The number of rotatable bonds is 9. The van der Waals surface area contributed by atoms with Crippen molar-refractivity contribution in [2.45, 2.75) is 44.4 Å². The van der Waals surface area contributed by atoms with Crippen molar-refractivity contribution in [1.82, 2.24) is 15.0 Å². The minimum atomic E-state index is -0.439. The molecule has 0 bridgehead atoms. The standard InChI is InChI=1S/C29H32N4O2S2/c1-29(2,3)33-37-25-16-21(17-32-28(34)35-19-20-8-6-5-7-9-20)10-15-24(25)26-18-31-27(36-26)22-11-13-23(30-4)14-12-22/h5-16,18,30,33H,17,19H2,1-4H3,(H,32,34). The molecular weight excluding hydrogens is 500 g/mol. The molecule has 3 aromatic carbocycles. The van der Waals surface area contributed by atoms with Crippen LogP contribution in [0, 0.1) is 0 Å². The second-order valence-corrected chi connectivity index (χ2v) is 11.4. The first kappa shape index (κ1) is 26.7. The molecule has 0 saturated carbocycles. The van der Waals surface area contributed by atoms with Crippen LogP contribution >= 0.6 is 23.3 Å². The van der Waals surface area contributed by atoms with Gasteiger partial charge in [-0.3, -0.25) is 4.72 Å². The van der Waals surface area contributed by atoms with E-state index in [-0.39, 0.29) is 12.1 Å². The zero-order valence-electron chi connectivity index (χ0n) is 21.5. The molecule has 37 heavy (non-hydrogen) atoms. The van der Waals surface area contributed by atoms with Crippen LogP contribution in [0.15, 0.2) is 83.9 Å². The molecule has 4 aromatic rings. The Balaban J connectivity index is 1.48. The van der Waals surface area contributed by atoms with Crippen molar-refractivity contribution in [2.75, 3.05) is 12.4 Å². The van der Waals surface area contributed by atoms with Gasteiger partial charge in [-0.2, -0.15) is 0 Å². The van der Waals surface area contributed by atoms with E-state index in [1.54, 1.807) is 23.3 Å². The average molecular weight is 533 g/mol. The van der Waals surface area contributed by atoms with Gasteiger partial charge in [0.05, 0.1) is 4.88 Å². The first-order valence-electron chi connectivity index (χ1n) is 12.1. The van der Waals surface area contributed by atoms with Crippen molar-refractivity contribution in [3.63, 3.8) is 0 Å². The minimum Gasteiger partial charge on any atom is -0.445 e. The van der Waals surface area contributed by atoms with Crippen LogP contribution in [0.5, 0.6) is 0 Å². The SMILES string of the molecule is CNc1ccc(-c2ncc(-c3ccc(CNC(=O)OCc4ccccc4)cc3SNC(C)(C)C)s2)cc1. The fourth-order valence-electron chi connectivity index (χ4n) is 3.43. The van der Waals surface area contributed by atoms with Crippen molar-refractivity contribution in [3.8, 4) is 21.0 Å². The lowest BCUT2D eigenvalue weighted by atomic mass is 10.1. The summed E-state index contributed by atoms with van der Waals surface area (Å²) in [5, 5.41) is 6.98. The van der Waals surface area contributed by atoms with Crippen molar-refractivity contribution in [1.29, 1.82) is 0 Å². The highest BCUT2D eigenvalue weighted by molar-refractivity contribution is 7.97. The molecule has 0 saturated heterocycles. The number of aromatic nitrogens is 1. The van der Waals surface area contributed by atoms with Gasteiger partial charge in [0.1, 0.15) is 11.6 Å². The number of anilines is 1. The number of ether oxygens (including phenoxy) is 1. The van der Waals surface area contributed by atoms with Gasteiger partial charge in [-0.15, -0.1) is 11.3 Å². The molecule has 0 aliphatic rings. The fraction of sp³-hybridized carbons (Fsp3) is 0.241. The molecule has 1 amide bonds. The maximum Gasteiger partial charge on any atom is 0.407 e. The smallest absolute Gasteiger partial charge is 0.407 e. The highest BCUT2D eigenvalue weighted by atomic mass is 32.2. The van der Waals surface area contributed by atoms with E-state index in [9.17, 15) is 4.79 Å². The average Bonchev–Trinajstić information content (AvgIpc) is 3.40. The van der Waals surface area contributed by atoms with Gasteiger partial charge in [0.15, 0.2) is 0 Å². The number of nitrogens with one attached hydrogen (secondary N) is 3. The molecular formula is C29H32N4O2S2. The summed E-state index contributed by atoms with van der Waals surface area (Å²) in [6.45, 7) is 7.02. The van der Waals surface area contributed by atoms with Crippen LogP contribution in [0.1, 0.15) is 31.9 Å². The van der Waals surface area contributed by atoms with E-state index in [1.165, 1.54) is 0 Å².